The minimum atomic E-state index is -0.178. The summed E-state index contributed by atoms with van der Waals surface area (Å²) in [6, 6.07) is 0. The summed E-state index contributed by atoms with van der Waals surface area (Å²) in [4.78, 5) is 11.5. The molecule has 0 aromatic heterocycles. The number of hydrogen-bond donors (Lipinski definition) is 3. The van der Waals surface area contributed by atoms with Crippen LogP contribution < -0.4 is 16.8 Å². The van der Waals surface area contributed by atoms with E-state index in [-0.39, 0.29) is 17.4 Å². The topological polar surface area (TPSA) is 81.1 Å². The first-order valence-corrected chi connectivity index (χ1v) is 5.84. The molecule has 1 amide bonds. The maximum Gasteiger partial charge on any atom is 0.224 e. The lowest BCUT2D eigenvalue weighted by molar-refractivity contribution is -0.124. The van der Waals surface area contributed by atoms with Crippen LogP contribution in [0.1, 0.15) is 39.0 Å². The molecule has 0 bridgehead atoms. The third kappa shape index (κ3) is 3.80. The van der Waals surface area contributed by atoms with E-state index in [1.165, 1.54) is 19.3 Å². The van der Waals surface area contributed by atoms with Crippen molar-refractivity contribution in [3.05, 3.63) is 0 Å². The van der Waals surface area contributed by atoms with Gasteiger partial charge < -0.3 is 16.8 Å². The van der Waals surface area contributed by atoms with E-state index in [1.807, 2.05) is 6.92 Å². The van der Waals surface area contributed by atoms with Gasteiger partial charge in [0.2, 0.25) is 5.91 Å². The van der Waals surface area contributed by atoms with Gasteiger partial charge in [-0.25, -0.2) is 0 Å². The summed E-state index contributed by atoms with van der Waals surface area (Å²) in [6.45, 7) is 2.82. The number of amides is 1. The zero-order chi connectivity index (χ0) is 11.3. The van der Waals surface area contributed by atoms with Gasteiger partial charge in [0.1, 0.15) is 0 Å². The fourth-order valence-electron chi connectivity index (χ4n) is 1.98. The summed E-state index contributed by atoms with van der Waals surface area (Å²) in [7, 11) is 0. The number of nitrogens with two attached hydrogens (primary N) is 2. The summed E-state index contributed by atoms with van der Waals surface area (Å²) in [5.74, 6) is -0.0925. The largest absolute Gasteiger partial charge is 0.354 e. The Morgan fingerprint density at radius 2 is 2.00 bits per heavy atom. The molecule has 0 heterocycles. The lowest BCUT2D eigenvalue weighted by atomic mass is 9.82. The molecule has 1 rings (SSSR count). The van der Waals surface area contributed by atoms with Crippen molar-refractivity contribution in [1.82, 2.24) is 5.32 Å². The van der Waals surface area contributed by atoms with Gasteiger partial charge in [0.15, 0.2) is 0 Å². The molecule has 0 spiro atoms. The maximum atomic E-state index is 11.5. The molecule has 1 saturated carbocycles. The van der Waals surface area contributed by atoms with E-state index in [0.717, 1.165) is 12.8 Å². The van der Waals surface area contributed by atoms with Crippen LogP contribution >= 0.6 is 0 Å². The Hall–Kier alpha value is -0.610. The zero-order valence-corrected chi connectivity index (χ0v) is 9.59. The lowest BCUT2D eigenvalue weighted by Crippen LogP contribution is -2.52. The fourth-order valence-corrected chi connectivity index (χ4v) is 1.98. The Balaban J connectivity index is 2.31. The van der Waals surface area contributed by atoms with Gasteiger partial charge >= 0.3 is 0 Å². The van der Waals surface area contributed by atoms with Crippen molar-refractivity contribution in [2.75, 3.05) is 13.1 Å². The van der Waals surface area contributed by atoms with E-state index in [1.54, 1.807) is 0 Å². The molecule has 1 aliphatic carbocycles. The molecule has 88 valence electrons. The van der Waals surface area contributed by atoms with Crippen molar-refractivity contribution in [3.8, 4) is 0 Å². The Morgan fingerprint density at radius 3 is 2.53 bits per heavy atom. The number of hydrogen-bond acceptors (Lipinski definition) is 3. The molecule has 5 N–H and O–H groups in total. The molecule has 1 atom stereocenters. The van der Waals surface area contributed by atoms with E-state index >= 15 is 0 Å². The maximum absolute atomic E-state index is 11.5. The lowest BCUT2D eigenvalue weighted by Gasteiger charge is -2.33. The van der Waals surface area contributed by atoms with Crippen molar-refractivity contribution in [1.29, 1.82) is 0 Å². The third-order valence-corrected chi connectivity index (χ3v) is 3.27. The summed E-state index contributed by atoms with van der Waals surface area (Å²) in [6.07, 6.45) is 5.66. The average molecular weight is 213 g/mol. The molecule has 0 aliphatic heterocycles. The number of nitrogens with one attached hydrogen (secondary N) is 1. The Labute approximate surface area is 91.8 Å². The summed E-state index contributed by atoms with van der Waals surface area (Å²) in [5.41, 5.74) is 11.4. The third-order valence-electron chi connectivity index (χ3n) is 3.27. The van der Waals surface area contributed by atoms with Crippen LogP contribution in [0.2, 0.25) is 0 Å². The van der Waals surface area contributed by atoms with Gasteiger partial charge in [-0.3, -0.25) is 4.79 Å². The summed E-state index contributed by atoms with van der Waals surface area (Å²) >= 11 is 0. The molecule has 1 aliphatic rings. The fraction of sp³-hybridized carbons (Fsp3) is 0.909. The van der Waals surface area contributed by atoms with Crippen molar-refractivity contribution >= 4 is 5.91 Å². The van der Waals surface area contributed by atoms with Gasteiger partial charge in [0.05, 0.1) is 0 Å². The standard InChI is InChI=1S/C11H23N3O/c1-9(7-12)10(15)14-8-11(13)5-3-2-4-6-11/h9H,2-8,12-13H2,1H3,(H,14,15). The molecule has 1 fully saturated rings. The Morgan fingerprint density at radius 1 is 1.40 bits per heavy atom. The average Bonchev–Trinajstić information content (AvgIpc) is 2.26. The van der Waals surface area contributed by atoms with E-state index in [4.69, 9.17) is 11.5 Å². The molecule has 4 nitrogen and oxygen atoms in total. The van der Waals surface area contributed by atoms with Crippen molar-refractivity contribution in [2.24, 2.45) is 17.4 Å². The van der Waals surface area contributed by atoms with Crippen LogP contribution in [-0.4, -0.2) is 24.5 Å². The molecular weight excluding hydrogens is 190 g/mol. The predicted molar refractivity (Wildman–Crippen MR) is 61.2 cm³/mol. The highest BCUT2D eigenvalue weighted by atomic mass is 16.1. The van der Waals surface area contributed by atoms with Crippen LogP contribution in [0.15, 0.2) is 0 Å². The van der Waals surface area contributed by atoms with Crippen LogP contribution in [0.3, 0.4) is 0 Å². The van der Waals surface area contributed by atoms with Gasteiger partial charge in [-0.2, -0.15) is 0 Å². The minimum Gasteiger partial charge on any atom is -0.354 e. The molecule has 0 radical (unpaired) electrons. The highest BCUT2D eigenvalue weighted by molar-refractivity contribution is 5.78. The van der Waals surface area contributed by atoms with Gasteiger partial charge in [0, 0.05) is 24.5 Å². The second-order valence-corrected chi connectivity index (χ2v) is 4.78. The summed E-state index contributed by atoms with van der Waals surface area (Å²) < 4.78 is 0. The molecule has 0 aromatic rings. The molecular formula is C11H23N3O. The monoisotopic (exact) mass is 213 g/mol. The van der Waals surface area contributed by atoms with Gasteiger partial charge in [-0.1, -0.05) is 26.2 Å². The second kappa shape index (κ2) is 5.47. The SMILES string of the molecule is CC(CN)C(=O)NCC1(N)CCCCC1. The first-order chi connectivity index (χ1) is 7.07. The summed E-state index contributed by atoms with van der Waals surface area (Å²) in [5, 5.41) is 2.90. The van der Waals surface area contributed by atoms with Crippen LogP contribution in [-0.2, 0) is 4.79 Å². The Kier molecular flexibility index (Phi) is 4.54. The zero-order valence-electron chi connectivity index (χ0n) is 9.59. The van der Waals surface area contributed by atoms with E-state index < -0.39 is 0 Å². The van der Waals surface area contributed by atoms with Crippen molar-refractivity contribution < 1.29 is 4.79 Å². The molecule has 4 heteroatoms. The number of rotatable bonds is 4. The van der Waals surface area contributed by atoms with E-state index in [9.17, 15) is 4.79 Å². The molecule has 1 unspecified atom stereocenters. The minimum absolute atomic E-state index is 0.0212. The molecule has 0 saturated heterocycles. The quantitative estimate of drug-likeness (QED) is 0.630. The molecule has 15 heavy (non-hydrogen) atoms. The highest BCUT2D eigenvalue weighted by Crippen LogP contribution is 2.25. The second-order valence-electron chi connectivity index (χ2n) is 4.78. The highest BCUT2D eigenvalue weighted by Gasteiger charge is 2.28. The first kappa shape index (κ1) is 12.5. The van der Waals surface area contributed by atoms with Crippen LogP contribution in [0.25, 0.3) is 0 Å². The number of carbonyl (C=O) groups is 1. The van der Waals surface area contributed by atoms with Gasteiger partial charge in [-0.05, 0) is 12.8 Å². The van der Waals surface area contributed by atoms with Crippen molar-refractivity contribution in [2.45, 2.75) is 44.6 Å². The van der Waals surface area contributed by atoms with Crippen LogP contribution in [0.5, 0.6) is 0 Å². The van der Waals surface area contributed by atoms with E-state index in [2.05, 4.69) is 5.32 Å². The van der Waals surface area contributed by atoms with Gasteiger partial charge in [-0.15, -0.1) is 0 Å². The molecule has 0 aromatic carbocycles. The van der Waals surface area contributed by atoms with Crippen LogP contribution in [0.4, 0.5) is 0 Å². The van der Waals surface area contributed by atoms with Crippen molar-refractivity contribution in [3.63, 3.8) is 0 Å². The smallest absolute Gasteiger partial charge is 0.224 e. The number of carbonyl (C=O) groups excluding carboxylic acids is 1. The van der Waals surface area contributed by atoms with Gasteiger partial charge in [0.25, 0.3) is 0 Å². The van der Waals surface area contributed by atoms with Crippen LogP contribution in [0, 0.1) is 5.92 Å². The Bertz CT molecular complexity index is 212. The van der Waals surface area contributed by atoms with E-state index in [0.29, 0.717) is 13.1 Å². The predicted octanol–water partition coefficient (Wildman–Crippen LogP) is 0.359. The first-order valence-electron chi connectivity index (χ1n) is 5.84. The normalized spacial score (nSPS) is 22.1.